The topological polar surface area (TPSA) is 49.4 Å². The number of halogens is 4. The SMILES string of the molecule is C[C@H](C(=O)NC(C)(C)C)N(Cc1ccc(Cl)cc1Cl)C(=O)CSCc1c(Cl)cccc1Cl. The van der Waals surface area contributed by atoms with Crippen molar-refractivity contribution in [3.05, 3.63) is 67.6 Å². The van der Waals surface area contributed by atoms with E-state index < -0.39 is 11.6 Å². The van der Waals surface area contributed by atoms with Gasteiger partial charge < -0.3 is 10.2 Å². The molecule has 174 valence electrons. The average molecular weight is 536 g/mol. The zero-order valence-corrected chi connectivity index (χ0v) is 22.2. The average Bonchev–Trinajstić information content (AvgIpc) is 2.67. The minimum atomic E-state index is -0.696. The van der Waals surface area contributed by atoms with Crippen molar-refractivity contribution in [3.8, 4) is 0 Å². The lowest BCUT2D eigenvalue weighted by atomic mass is 10.1. The molecule has 0 spiro atoms. The van der Waals surface area contributed by atoms with Gasteiger partial charge in [0, 0.05) is 37.9 Å². The molecule has 0 saturated carbocycles. The molecule has 2 rings (SSSR count). The predicted molar refractivity (Wildman–Crippen MR) is 137 cm³/mol. The van der Waals surface area contributed by atoms with Gasteiger partial charge in [0.25, 0.3) is 0 Å². The standard InChI is InChI=1S/C23H26Cl4N2O2S/c1-14(22(31)28-23(2,3)4)29(11-15-8-9-16(24)10-20(15)27)21(30)13-32-12-17-18(25)6-5-7-19(17)26/h5-10,14H,11-13H2,1-4H3,(H,28,31)/t14-/m1/s1. The summed E-state index contributed by atoms with van der Waals surface area (Å²) in [7, 11) is 0. The molecule has 1 atom stereocenters. The Hall–Kier alpha value is -1.11. The van der Waals surface area contributed by atoms with Gasteiger partial charge in [-0.05, 0) is 63.1 Å². The molecule has 0 aliphatic carbocycles. The molecule has 0 saturated heterocycles. The summed E-state index contributed by atoms with van der Waals surface area (Å²) in [5.41, 5.74) is 1.06. The van der Waals surface area contributed by atoms with Crippen LogP contribution in [-0.4, -0.2) is 34.0 Å². The molecule has 2 aromatic carbocycles. The largest absolute Gasteiger partial charge is 0.350 e. The van der Waals surface area contributed by atoms with E-state index in [1.165, 1.54) is 16.7 Å². The highest BCUT2D eigenvalue weighted by Crippen LogP contribution is 2.29. The number of carbonyl (C=O) groups excluding carboxylic acids is 2. The van der Waals surface area contributed by atoms with Gasteiger partial charge in [-0.2, -0.15) is 0 Å². The van der Waals surface area contributed by atoms with Crippen LogP contribution in [0.3, 0.4) is 0 Å². The summed E-state index contributed by atoms with van der Waals surface area (Å²) >= 11 is 26.2. The molecule has 0 fully saturated rings. The minimum Gasteiger partial charge on any atom is -0.350 e. The number of hydrogen-bond acceptors (Lipinski definition) is 3. The maximum atomic E-state index is 13.2. The Bertz CT molecular complexity index is 959. The number of carbonyl (C=O) groups is 2. The van der Waals surface area contributed by atoms with Crippen molar-refractivity contribution in [3.63, 3.8) is 0 Å². The van der Waals surface area contributed by atoms with Gasteiger partial charge in [-0.3, -0.25) is 9.59 Å². The second-order valence-corrected chi connectivity index (χ2v) is 11.0. The third kappa shape index (κ3) is 8.03. The second kappa shape index (κ2) is 11.8. The maximum absolute atomic E-state index is 13.2. The summed E-state index contributed by atoms with van der Waals surface area (Å²) in [5, 5.41) is 4.98. The fraction of sp³-hybridized carbons (Fsp3) is 0.391. The molecule has 4 nitrogen and oxygen atoms in total. The Labute approximate surface area is 213 Å². The Balaban J connectivity index is 2.18. The molecule has 0 aliphatic rings. The zero-order valence-electron chi connectivity index (χ0n) is 18.3. The summed E-state index contributed by atoms with van der Waals surface area (Å²) in [6, 6.07) is 9.69. The first-order chi connectivity index (χ1) is 14.9. The Kier molecular flexibility index (Phi) is 10.0. The first-order valence-corrected chi connectivity index (χ1v) is 12.6. The molecular weight excluding hydrogens is 510 g/mol. The number of benzene rings is 2. The van der Waals surface area contributed by atoms with Crippen LogP contribution in [0.15, 0.2) is 36.4 Å². The van der Waals surface area contributed by atoms with E-state index in [2.05, 4.69) is 5.32 Å². The van der Waals surface area contributed by atoms with Crippen molar-refractivity contribution in [1.82, 2.24) is 10.2 Å². The van der Waals surface area contributed by atoms with Gasteiger partial charge in [0.15, 0.2) is 0 Å². The van der Waals surface area contributed by atoms with Crippen molar-refractivity contribution in [1.29, 1.82) is 0 Å². The van der Waals surface area contributed by atoms with E-state index in [0.717, 1.165) is 5.56 Å². The number of hydrogen-bond donors (Lipinski definition) is 1. The van der Waals surface area contributed by atoms with E-state index in [9.17, 15) is 9.59 Å². The highest BCUT2D eigenvalue weighted by Gasteiger charge is 2.28. The van der Waals surface area contributed by atoms with E-state index in [1.807, 2.05) is 20.8 Å². The van der Waals surface area contributed by atoms with E-state index in [-0.39, 0.29) is 24.1 Å². The summed E-state index contributed by atoms with van der Waals surface area (Å²) in [6.45, 7) is 7.56. The third-order valence-electron chi connectivity index (χ3n) is 4.55. The quantitative estimate of drug-likeness (QED) is 0.401. The van der Waals surface area contributed by atoms with Crippen LogP contribution in [0.1, 0.15) is 38.8 Å². The van der Waals surface area contributed by atoms with E-state index >= 15 is 0 Å². The summed E-state index contributed by atoms with van der Waals surface area (Å²) in [6.07, 6.45) is 0. The summed E-state index contributed by atoms with van der Waals surface area (Å²) in [5.74, 6) is 0.193. The monoisotopic (exact) mass is 534 g/mol. The molecule has 32 heavy (non-hydrogen) atoms. The van der Waals surface area contributed by atoms with Crippen LogP contribution in [0.4, 0.5) is 0 Å². The molecule has 0 aromatic heterocycles. The van der Waals surface area contributed by atoms with Crippen molar-refractivity contribution in [2.75, 3.05) is 5.75 Å². The maximum Gasteiger partial charge on any atom is 0.242 e. The van der Waals surface area contributed by atoms with E-state index in [0.29, 0.717) is 31.4 Å². The van der Waals surface area contributed by atoms with Gasteiger partial charge in [0.2, 0.25) is 11.8 Å². The molecule has 0 unspecified atom stereocenters. The van der Waals surface area contributed by atoms with Gasteiger partial charge in [0.05, 0.1) is 5.75 Å². The van der Waals surface area contributed by atoms with Gasteiger partial charge in [-0.15, -0.1) is 11.8 Å². The zero-order chi connectivity index (χ0) is 24.1. The normalized spacial score (nSPS) is 12.4. The van der Waals surface area contributed by atoms with Crippen LogP contribution in [0.25, 0.3) is 0 Å². The van der Waals surface area contributed by atoms with Crippen LogP contribution in [-0.2, 0) is 21.9 Å². The van der Waals surface area contributed by atoms with Crippen LogP contribution in [0.5, 0.6) is 0 Å². The highest BCUT2D eigenvalue weighted by atomic mass is 35.5. The van der Waals surface area contributed by atoms with Crippen LogP contribution >= 0.6 is 58.2 Å². The second-order valence-electron chi connectivity index (χ2n) is 8.37. The number of thioether (sulfide) groups is 1. The lowest BCUT2D eigenvalue weighted by Gasteiger charge is -2.31. The first kappa shape index (κ1) is 27.1. The van der Waals surface area contributed by atoms with Crippen molar-refractivity contribution in [2.24, 2.45) is 0 Å². The summed E-state index contributed by atoms with van der Waals surface area (Å²) < 4.78 is 0. The molecular formula is C23H26Cl4N2O2S. The molecule has 0 aliphatic heterocycles. The first-order valence-electron chi connectivity index (χ1n) is 9.95. The smallest absolute Gasteiger partial charge is 0.242 e. The van der Waals surface area contributed by atoms with Crippen LogP contribution in [0.2, 0.25) is 20.1 Å². The van der Waals surface area contributed by atoms with Crippen molar-refractivity contribution in [2.45, 2.75) is 51.6 Å². The molecule has 0 radical (unpaired) electrons. The van der Waals surface area contributed by atoms with Gasteiger partial charge >= 0.3 is 0 Å². The Morgan fingerprint density at radius 2 is 1.66 bits per heavy atom. The highest BCUT2D eigenvalue weighted by molar-refractivity contribution is 7.99. The van der Waals surface area contributed by atoms with Crippen LogP contribution < -0.4 is 5.32 Å². The van der Waals surface area contributed by atoms with E-state index in [1.54, 1.807) is 43.3 Å². The lowest BCUT2D eigenvalue weighted by molar-refractivity contribution is -0.139. The molecule has 2 amide bonds. The minimum absolute atomic E-state index is 0.153. The molecule has 0 bridgehead atoms. The molecule has 9 heteroatoms. The summed E-state index contributed by atoms with van der Waals surface area (Å²) in [4.78, 5) is 27.5. The van der Waals surface area contributed by atoms with Crippen molar-refractivity contribution < 1.29 is 9.59 Å². The van der Waals surface area contributed by atoms with Gasteiger partial charge in [-0.1, -0.05) is 58.5 Å². The number of nitrogens with one attached hydrogen (secondary N) is 1. The molecule has 2 aromatic rings. The number of amides is 2. The predicted octanol–water partition coefficient (Wildman–Crippen LogP) is 6.87. The number of rotatable bonds is 8. The fourth-order valence-electron chi connectivity index (χ4n) is 2.88. The Morgan fingerprint density at radius 3 is 2.22 bits per heavy atom. The molecule has 1 N–H and O–H groups in total. The number of nitrogens with zero attached hydrogens (tertiary/aromatic N) is 1. The van der Waals surface area contributed by atoms with E-state index in [4.69, 9.17) is 46.4 Å². The van der Waals surface area contributed by atoms with Crippen molar-refractivity contribution >= 4 is 70.0 Å². The van der Waals surface area contributed by atoms with Gasteiger partial charge in [-0.25, -0.2) is 0 Å². The fourth-order valence-corrected chi connectivity index (χ4v) is 5.00. The lowest BCUT2D eigenvalue weighted by Crippen LogP contribution is -2.52. The Morgan fingerprint density at radius 1 is 1.03 bits per heavy atom. The molecule has 0 heterocycles. The van der Waals surface area contributed by atoms with Gasteiger partial charge in [0.1, 0.15) is 6.04 Å². The van der Waals surface area contributed by atoms with Crippen LogP contribution in [0, 0.1) is 0 Å². The third-order valence-corrected chi connectivity index (χ3v) is 6.79.